The molecule has 0 saturated carbocycles. The van der Waals surface area contributed by atoms with E-state index in [0.29, 0.717) is 4.47 Å². The Morgan fingerprint density at radius 2 is 2.10 bits per heavy atom. The van der Waals surface area contributed by atoms with Crippen LogP contribution in [0.1, 0.15) is 48.3 Å². The maximum Gasteiger partial charge on any atom is 0.137 e. The highest BCUT2D eigenvalue weighted by molar-refractivity contribution is 9.10. The first-order chi connectivity index (χ1) is 9.51. The highest BCUT2D eigenvalue weighted by Gasteiger charge is 2.15. The van der Waals surface area contributed by atoms with Gasteiger partial charge < -0.3 is 5.32 Å². The standard InChI is InChI=1S/C15H18BrFN2S/c1-4-12-8-18-15(20-12)10(3)19-9(2)11-5-6-14(17)13(16)7-11/h5-10,19H,4H2,1-3H3. The summed E-state index contributed by atoms with van der Waals surface area (Å²) in [5.74, 6) is -0.235. The number of aryl methyl sites for hydroxylation is 1. The van der Waals surface area contributed by atoms with Crippen LogP contribution in [-0.2, 0) is 6.42 Å². The summed E-state index contributed by atoms with van der Waals surface area (Å²) in [7, 11) is 0. The molecule has 0 aliphatic heterocycles. The Labute approximate surface area is 131 Å². The number of halogens is 2. The number of nitrogens with zero attached hydrogens (tertiary/aromatic N) is 1. The molecule has 0 amide bonds. The van der Waals surface area contributed by atoms with Crippen LogP contribution in [0.4, 0.5) is 4.39 Å². The topological polar surface area (TPSA) is 24.9 Å². The molecule has 0 spiro atoms. The van der Waals surface area contributed by atoms with Gasteiger partial charge in [-0.2, -0.15) is 0 Å². The van der Waals surface area contributed by atoms with E-state index in [1.54, 1.807) is 11.3 Å². The average molecular weight is 357 g/mol. The molecule has 1 N–H and O–H groups in total. The van der Waals surface area contributed by atoms with E-state index < -0.39 is 0 Å². The Morgan fingerprint density at radius 3 is 2.70 bits per heavy atom. The number of hydrogen-bond donors (Lipinski definition) is 1. The summed E-state index contributed by atoms with van der Waals surface area (Å²) in [6.07, 6.45) is 2.96. The van der Waals surface area contributed by atoms with E-state index in [9.17, 15) is 4.39 Å². The van der Waals surface area contributed by atoms with Gasteiger partial charge in [0.1, 0.15) is 10.8 Å². The van der Waals surface area contributed by atoms with Crippen LogP contribution >= 0.6 is 27.3 Å². The third-order valence-corrected chi connectivity index (χ3v) is 5.17. The third kappa shape index (κ3) is 3.65. The first kappa shape index (κ1) is 15.6. The lowest BCUT2D eigenvalue weighted by Gasteiger charge is -2.19. The van der Waals surface area contributed by atoms with E-state index in [1.165, 1.54) is 10.9 Å². The SMILES string of the molecule is CCc1cnc(C(C)NC(C)c2ccc(F)c(Br)c2)s1. The van der Waals surface area contributed by atoms with Crippen LogP contribution in [0.3, 0.4) is 0 Å². The van der Waals surface area contributed by atoms with Gasteiger partial charge in [-0.05, 0) is 53.9 Å². The molecule has 2 rings (SSSR count). The molecule has 1 heterocycles. The highest BCUT2D eigenvalue weighted by Crippen LogP contribution is 2.25. The highest BCUT2D eigenvalue weighted by atomic mass is 79.9. The van der Waals surface area contributed by atoms with E-state index in [4.69, 9.17) is 0 Å². The second-order valence-corrected chi connectivity index (χ2v) is 6.80. The number of aromatic nitrogens is 1. The van der Waals surface area contributed by atoms with Crippen molar-refractivity contribution in [3.05, 3.63) is 50.1 Å². The van der Waals surface area contributed by atoms with Crippen molar-refractivity contribution in [2.45, 2.75) is 39.3 Å². The molecule has 0 bridgehead atoms. The minimum atomic E-state index is -0.235. The maximum atomic E-state index is 13.3. The average Bonchev–Trinajstić information content (AvgIpc) is 2.90. The fourth-order valence-electron chi connectivity index (χ4n) is 2.01. The molecule has 0 radical (unpaired) electrons. The molecule has 20 heavy (non-hydrogen) atoms. The largest absolute Gasteiger partial charge is 0.302 e. The van der Waals surface area contributed by atoms with Crippen molar-refractivity contribution in [3.63, 3.8) is 0 Å². The minimum absolute atomic E-state index is 0.135. The lowest BCUT2D eigenvalue weighted by Crippen LogP contribution is -2.22. The Balaban J connectivity index is 2.06. The summed E-state index contributed by atoms with van der Waals surface area (Å²) < 4.78 is 13.8. The normalized spacial score (nSPS) is 14.2. The van der Waals surface area contributed by atoms with Crippen LogP contribution < -0.4 is 5.32 Å². The Hall–Kier alpha value is -0.780. The van der Waals surface area contributed by atoms with Gasteiger partial charge in [-0.3, -0.25) is 0 Å². The van der Waals surface area contributed by atoms with Gasteiger partial charge in [0.25, 0.3) is 0 Å². The van der Waals surface area contributed by atoms with Crippen molar-refractivity contribution >= 4 is 27.3 Å². The molecule has 2 nitrogen and oxygen atoms in total. The molecular weight excluding hydrogens is 339 g/mol. The smallest absolute Gasteiger partial charge is 0.137 e. The summed E-state index contributed by atoms with van der Waals surface area (Å²) in [6, 6.07) is 5.43. The molecule has 0 fully saturated rings. The fraction of sp³-hybridized carbons (Fsp3) is 0.400. The van der Waals surface area contributed by atoms with Gasteiger partial charge in [0.15, 0.2) is 0 Å². The van der Waals surface area contributed by atoms with Crippen molar-refractivity contribution in [3.8, 4) is 0 Å². The zero-order valence-electron chi connectivity index (χ0n) is 11.8. The molecule has 0 saturated heterocycles. The maximum absolute atomic E-state index is 13.3. The Morgan fingerprint density at radius 1 is 1.35 bits per heavy atom. The first-order valence-electron chi connectivity index (χ1n) is 6.66. The van der Waals surface area contributed by atoms with Gasteiger partial charge in [-0.1, -0.05) is 13.0 Å². The number of benzene rings is 1. The molecule has 0 aliphatic rings. The number of hydrogen-bond acceptors (Lipinski definition) is 3. The van der Waals surface area contributed by atoms with E-state index >= 15 is 0 Å². The molecule has 108 valence electrons. The van der Waals surface area contributed by atoms with Crippen LogP contribution in [-0.4, -0.2) is 4.98 Å². The summed E-state index contributed by atoms with van der Waals surface area (Å²) in [6.45, 7) is 6.31. The molecule has 5 heteroatoms. The van der Waals surface area contributed by atoms with Gasteiger partial charge in [0.05, 0.1) is 10.5 Å². The van der Waals surface area contributed by atoms with Crippen LogP contribution in [0, 0.1) is 5.82 Å². The van der Waals surface area contributed by atoms with Gasteiger partial charge >= 0.3 is 0 Å². The quantitative estimate of drug-likeness (QED) is 0.813. The Bertz CT molecular complexity index is 585. The van der Waals surface area contributed by atoms with E-state index in [0.717, 1.165) is 17.0 Å². The van der Waals surface area contributed by atoms with Crippen LogP contribution in [0.2, 0.25) is 0 Å². The summed E-state index contributed by atoms with van der Waals surface area (Å²) in [5.41, 5.74) is 1.05. The lowest BCUT2D eigenvalue weighted by atomic mass is 10.1. The summed E-state index contributed by atoms with van der Waals surface area (Å²) >= 11 is 4.97. The number of rotatable bonds is 5. The first-order valence-corrected chi connectivity index (χ1v) is 8.27. The molecule has 1 aromatic heterocycles. The summed E-state index contributed by atoms with van der Waals surface area (Å²) in [4.78, 5) is 5.75. The zero-order chi connectivity index (χ0) is 14.7. The number of thiazole rings is 1. The van der Waals surface area contributed by atoms with Crippen LogP contribution in [0.15, 0.2) is 28.9 Å². The fourth-order valence-corrected chi connectivity index (χ4v) is 3.28. The van der Waals surface area contributed by atoms with E-state index in [-0.39, 0.29) is 17.9 Å². The minimum Gasteiger partial charge on any atom is -0.302 e. The van der Waals surface area contributed by atoms with E-state index in [2.05, 4.69) is 47.0 Å². The van der Waals surface area contributed by atoms with Crippen molar-refractivity contribution in [1.82, 2.24) is 10.3 Å². The third-order valence-electron chi connectivity index (χ3n) is 3.23. The Kier molecular flexibility index (Phi) is 5.29. The molecule has 2 unspecified atom stereocenters. The van der Waals surface area contributed by atoms with E-state index in [1.807, 2.05) is 18.3 Å². The number of nitrogens with one attached hydrogen (secondary N) is 1. The van der Waals surface area contributed by atoms with Crippen LogP contribution in [0.5, 0.6) is 0 Å². The molecule has 2 atom stereocenters. The zero-order valence-corrected chi connectivity index (χ0v) is 14.2. The predicted molar refractivity (Wildman–Crippen MR) is 85.6 cm³/mol. The monoisotopic (exact) mass is 356 g/mol. The van der Waals surface area contributed by atoms with Crippen molar-refractivity contribution < 1.29 is 4.39 Å². The second-order valence-electron chi connectivity index (χ2n) is 4.80. The van der Waals surface area contributed by atoms with Gasteiger partial charge in [-0.15, -0.1) is 11.3 Å². The van der Waals surface area contributed by atoms with Gasteiger partial charge in [-0.25, -0.2) is 9.37 Å². The summed E-state index contributed by atoms with van der Waals surface area (Å²) in [5, 5.41) is 4.59. The predicted octanol–water partition coefficient (Wildman–Crippen LogP) is 5.02. The second kappa shape index (κ2) is 6.78. The lowest BCUT2D eigenvalue weighted by molar-refractivity contribution is 0.492. The molecule has 2 aromatic rings. The van der Waals surface area contributed by atoms with Crippen molar-refractivity contribution in [1.29, 1.82) is 0 Å². The van der Waals surface area contributed by atoms with Crippen molar-refractivity contribution in [2.24, 2.45) is 0 Å². The van der Waals surface area contributed by atoms with Crippen LogP contribution in [0.25, 0.3) is 0 Å². The van der Waals surface area contributed by atoms with Gasteiger partial charge in [0, 0.05) is 17.1 Å². The van der Waals surface area contributed by atoms with Crippen molar-refractivity contribution in [2.75, 3.05) is 0 Å². The molecule has 1 aromatic carbocycles. The molecular formula is C15H18BrFN2S. The van der Waals surface area contributed by atoms with Gasteiger partial charge in [0.2, 0.25) is 0 Å². The molecule has 0 aliphatic carbocycles.